The van der Waals surface area contributed by atoms with Crippen LogP contribution in [0.15, 0.2) is 53.3 Å². The normalized spacial score (nSPS) is 14.2. The molecule has 0 amide bonds. The third kappa shape index (κ3) is 6.54. The number of aryl methyl sites for hydroxylation is 2. The van der Waals surface area contributed by atoms with Crippen LogP contribution in [0.3, 0.4) is 0 Å². The van der Waals surface area contributed by atoms with Crippen LogP contribution in [0.5, 0.6) is 0 Å². The Bertz CT molecular complexity index is 1190. The fourth-order valence-electron chi connectivity index (χ4n) is 5.36. The number of benzene rings is 2. The number of aromatic nitrogens is 3. The summed E-state index contributed by atoms with van der Waals surface area (Å²) >= 11 is 0. The molecule has 1 saturated carbocycles. The largest absolute Gasteiger partial charge is 0.478 e. The summed E-state index contributed by atoms with van der Waals surface area (Å²) in [6.45, 7) is 3.38. The molecule has 4 rings (SSSR count). The van der Waals surface area contributed by atoms with E-state index in [1.807, 2.05) is 41.0 Å². The molecule has 2 aromatic carbocycles. The third-order valence-corrected chi connectivity index (χ3v) is 7.49. The zero-order valence-electron chi connectivity index (χ0n) is 21.5. The molecule has 192 valence electrons. The van der Waals surface area contributed by atoms with Crippen molar-refractivity contribution >= 4 is 5.97 Å². The Morgan fingerprint density at radius 1 is 1.00 bits per heavy atom. The highest BCUT2D eigenvalue weighted by atomic mass is 16.4. The number of unbranched alkanes of at least 4 members (excludes halogenated alkanes) is 3. The van der Waals surface area contributed by atoms with Crippen molar-refractivity contribution in [3.8, 4) is 11.1 Å². The molecule has 1 heterocycles. The first-order chi connectivity index (χ1) is 17.6. The van der Waals surface area contributed by atoms with E-state index in [-0.39, 0.29) is 11.3 Å². The molecule has 6 nitrogen and oxygen atoms in total. The van der Waals surface area contributed by atoms with Crippen LogP contribution in [0.25, 0.3) is 11.1 Å². The van der Waals surface area contributed by atoms with Crippen molar-refractivity contribution < 1.29 is 9.90 Å². The number of carboxylic acid groups (broad SMARTS) is 1. The molecular weight excluding hydrogens is 450 g/mol. The Hall–Kier alpha value is -3.15. The van der Waals surface area contributed by atoms with Gasteiger partial charge in [0.2, 0.25) is 0 Å². The lowest BCUT2D eigenvalue weighted by molar-refractivity contribution is 0.0697. The minimum atomic E-state index is -0.936. The SMILES string of the molecule is CCCCCCc1nn(CCC2CCCCC2)c(=O)n1Cc1ccc(-c2ccccc2C(=O)O)cc1. The Balaban J connectivity index is 1.52. The molecule has 0 aliphatic heterocycles. The molecule has 1 aliphatic rings. The van der Waals surface area contributed by atoms with Crippen molar-refractivity contribution in [1.29, 1.82) is 0 Å². The lowest BCUT2D eigenvalue weighted by atomic mass is 9.87. The summed E-state index contributed by atoms with van der Waals surface area (Å²) in [7, 11) is 0. The van der Waals surface area contributed by atoms with Crippen LogP contribution in [0, 0.1) is 5.92 Å². The number of carboxylic acids is 1. The second kappa shape index (κ2) is 12.7. The van der Waals surface area contributed by atoms with Crippen LogP contribution in [0.4, 0.5) is 0 Å². The Morgan fingerprint density at radius 2 is 1.75 bits per heavy atom. The van der Waals surface area contributed by atoms with E-state index in [4.69, 9.17) is 5.10 Å². The number of hydrogen-bond donors (Lipinski definition) is 1. The number of hydrogen-bond acceptors (Lipinski definition) is 3. The van der Waals surface area contributed by atoms with Gasteiger partial charge in [-0.25, -0.2) is 14.3 Å². The smallest absolute Gasteiger partial charge is 0.346 e. The molecule has 1 aromatic heterocycles. The number of aromatic carboxylic acids is 1. The van der Waals surface area contributed by atoms with Gasteiger partial charge in [-0.2, -0.15) is 5.10 Å². The maximum atomic E-state index is 13.4. The minimum Gasteiger partial charge on any atom is -0.478 e. The Morgan fingerprint density at radius 3 is 2.47 bits per heavy atom. The Labute approximate surface area is 214 Å². The van der Waals surface area contributed by atoms with Gasteiger partial charge in [0.25, 0.3) is 0 Å². The molecule has 36 heavy (non-hydrogen) atoms. The molecule has 0 radical (unpaired) electrons. The van der Waals surface area contributed by atoms with Gasteiger partial charge >= 0.3 is 11.7 Å². The highest BCUT2D eigenvalue weighted by Crippen LogP contribution is 2.27. The second-order valence-electron chi connectivity index (χ2n) is 10.2. The molecule has 1 aliphatic carbocycles. The first-order valence-corrected chi connectivity index (χ1v) is 13.6. The number of carbonyl (C=O) groups is 1. The van der Waals surface area contributed by atoms with Gasteiger partial charge in [-0.15, -0.1) is 0 Å². The fraction of sp³-hybridized carbons (Fsp3) is 0.500. The summed E-state index contributed by atoms with van der Waals surface area (Å²) in [6.07, 6.45) is 12.9. The first kappa shape index (κ1) is 25.9. The predicted octanol–water partition coefficient (Wildman–Crippen LogP) is 6.55. The molecule has 1 fully saturated rings. The summed E-state index contributed by atoms with van der Waals surface area (Å²) in [5.41, 5.74) is 2.83. The second-order valence-corrected chi connectivity index (χ2v) is 10.2. The van der Waals surface area contributed by atoms with Gasteiger partial charge in [-0.05, 0) is 41.5 Å². The van der Waals surface area contributed by atoms with E-state index in [1.165, 1.54) is 44.9 Å². The molecule has 0 spiro atoms. The van der Waals surface area contributed by atoms with Crippen LogP contribution in [0.2, 0.25) is 0 Å². The monoisotopic (exact) mass is 489 g/mol. The van der Waals surface area contributed by atoms with Gasteiger partial charge in [-0.1, -0.05) is 101 Å². The maximum Gasteiger partial charge on any atom is 0.346 e. The molecule has 0 bridgehead atoms. The van der Waals surface area contributed by atoms with Gasteiger partial charge < -0.3 is 5.11 Å². The average Bonchev–Trinajstić information content (AvgIpc) is 3.20. The molecule has 0 atom stereocenters. The highest BCUT2D eigenvalue weighted by Gasteiger charge is 2.18. The topological polar surface area (TPSA) is 77.1 Å². The van der Waals surface area contributed by atoms with Crippen molar-refractivity contribution in [3.05, 3.63) is 76.0 Å². The minimum absolute atomic E-state index is 0.0170. The zero-order valence-corrected chi connectivity index (χ0v) is 21.5. The van der Waals surface area contributed by atoms with Crippen LogP contribution in [-0.2, 0) is 19.5 Å². The van der Waals surface area contributed by atoms with Gasteiger partial charge in [-0.3, -0.25) is 4.57 Å². The predicted molar refractivity (Wildman–Crippen MR) is 143 cm³/mol. The van der Waals surface area contributed by atoms with Gasteiger partial charge in [0, 0.05) is 13.0 Å². The Kier molecular flexibility index (Phi) is 9.15. The third-order valence-electron chi connectivity index (χ3n) is 7.49. The van der Waals surface area contributed by atoms with Crippen molar-refractivity contribution in [2.75, 3.05) is 0 Å². The van der Waals surface area contributed by atoms with E-state index in [2.05, 4.69) is 6.92 Å². The van der Waals surface area contributed by atoms with E-state index in [9.17, 15) is 14.7 Å². The summed E-state index contributed by atoms with van der Waals surface area (Å²) in [5, 5.41) is 14.3. The molecule has 6 heteroatoms. The molecular formula is C30H39N3O3. The van der Waals surface area contributed by atoms with Gasteiger partial charge in [0.1, 0.15) is 5.82 Å². The summed E-state index contributed by atoms with van der Waals surface area (Å²) in [4.78, 5) is 25.0. The van der Waals surface area contributed by atoms with Gasteiger partial charge in [0.05, 0.1) is 12.1 Å². The zero-order chi connectivity index (χ0) is 25.3. The van der Waals surface area contributed by atoms with Crippen molar-refractivity contribution in [2.45, 2.75) is 90.6 Å². The molecule has 0 saturated heterocycles. The molecule has 3 aromatic rings. The summed E-state index contributed by atoms with van der Waals surface area (Å²) < 4.78 is 3.54. The van der Waals surface area contributed by atoms with Crippen molar-refractivity contribution in [3.63, 3.8) is 0 Å². The van der Waals surface area contributed by atoms with E-state index < -0.39 is 5.97 Å². The van der Waals surface area contributed by atoms with Crippen molar-refractivity contribution in [1.82, 2.24) is 14.3 Å². The van der Waals surface area contributed by atoms with E-state index in [0.29, 0.717) is 24.6 Å². The van der Waals surface area contributed by atoms with Crippen LogP contribution >= 0.6 is 0 Å². The van der Waals surface area contributed by atoms with Crippen LogP contribution < -0.4 is 5.69 Å². The highest BCUT2D eigenvalue weighted by molar-refractivity contribution is 5.95. The quantitative estimate of drug-likeness (QED) is 0.293. The van der Waals surface area contributed by atoms with Crippen LogP contribution in [0.1, 0.15) is 92.9 Å². The molecule has 0 unspecified atom stereocenters. The number of rotatable bonds is 12. The van der Waals surface area contributed by atoms with Crippen molar-refractivity contribution in [2.24, 2.45) is 5.92 Å². The first-order valence-electron chi connectivity index (χ1n) is 13.6. The number of nitrogens with zero attached hydrogens (tertiary/aromatic N) is 3. The van der Waals surface area contributed by atoms with Gasteiger partial charge in [0.15, 0.2) is 0 Å². The lowest BCUT2D eigenvalue weighted by Crippen LogP contribution is -2.27. The van der Waals surface area contributed by atoms with E-state index in [1.54, 1.807) is 16.8 Å². The standard InChI is InChI=1S/C30H39N3O3/c1-2-3-4-8-15-28-31-33(21-20-23-11-6-5-7-12-23)30(36)32(28)22-24-16-18-25(19-17-24)26-13-9-10-14-27(26)29(34)35/h9-10,13-14,16-19,23H,2-8,11-12,15,20-22H2,1H3,(H,34,35). The fourth-order valence-corrected chi connectivity index (χ4v) is 5.36. The van der Waals surface area contributed by atoms with Crippen LogP contribution in [-0.4, -0.2) is 25.4 Å². The summed E-state index contributed by atoms with van der Waals surface area (Å²) in [5.74, 6) is 0.652. The molecule has 1 N–H and O–H groups in total. The van der Waals surface area contributed by atoms with E-state index >= 15 is 0 Å². The lowest BCUT2D eigenvalue weighted by Gasteiger charge is -2.20. The summed E-state index contributed by atoms with van der Waals surface area (Å²) in [6, 6.07) is 14.9. The van der Waals surface area contributed by atoms with E-state index in [0.717, 1.165) is 42.6 Å². The maximum absolute atomic E-state index is 13.4. The average molecular weight is 490 g/mol.